The zero-order valence-corrected chi connectivity index (χ0v) is 11.9. The second kappa shape index (κ2) is 6.49. The number of rotatable bonds is 6. The van der Waals surface area contributed by atoms with Crippen LogP contribution in [0.5, 0.6) is 0 Å². The number of amides is 1. The van der Waals surface area contributed by atoms with Crippen molar-refractivity contribution in [2.45, 2.75) is 26.0 Å². The van der Waals surface area contributed by atoms with Gasteiger partial charge in [-0.3, -0.25) is 4.79 Å². The van der Waals surface area contributed by atoms with Gasteiger partial charge in [-0.25, -0.2) is 4.79 Å². The van der Waals surface area contributed by atoms with Crippen molar-refractivity contribution in [2.75, 3.05) is 7.11 Å². The molecule has 1 aromatic rings. The van der Waals surface area contributed by atoms with E-state index in [9.17, 15) is 9.59 Å². The summed E-state index contributed by atoms with van der Waals surface area (Å²) < 4.78 is 5.07. The van der Waals surface area contributed by atoms with Crippen LogP contribution in [-0.4, -0.2) is 29.7 Å². The fourth-order valence-electron chi connectivity index (χ4n) is 1.22. The van der Waals surface area contributed by atoms with Crippen molar-refractivity contribution in [3.05, 3.63) is 28.0 Å². The lowest BCUT2D eigenvalue weighted by Gasteiger charge is -2.21. The van der Waals surface area contributed by atoms with Crippen LogP contribution in [0.4, 0.5) is 0 Å². The summed E-state index contributed by atoms with van der Waals surface area (Å²) in [6.07, 6.45) is 2.60. The highest BCUT2D eigenvalue weighted by Gasteiger charge is 2.26. The number of carbonyl (C=O) groups excluding carboxylic acids is 1. The molecule has 19 heavy (non-hydrogen) atoms. The van der Waals surface area contributed by atoms with Gasteiger partial charge in [-0.1, -0.05) is 0 Å². The van der Waals surface area contributed by atoms with Gasteiger partial charge in [0.05, 0.1) is 6.54 Å². The molecule has 1 rings (SSSR count). The number of hydrogen-bond donors (Lipinski definition) is 2. The van der Waals surface area contributed by atoms with Crippen molar-refractivity contribution in [1.29, 1.82) is 0 Å². The minimum atomic E-state index is -0.983. The summed E-state index contributed by atoms with van der Waals surface area (Å²) in [6.45, 7) is 3.78. The van der Waals surface area contributed by atoms with E-state index in [-0.39, 0.29) is 5.91 Å². The lowest BCUT2D eigenvalue weighted by atomic mass is 10.1. The molecular formula is C13H17NO4S. The molecule has 0 spiro atoms. The zero-order valence-electron chi connectivity index (χ0n) is 11.1. The predicted molar refractivity (Wildman–Crippen MR) is 73.9 cm³/mol. The Kier molecular flexibility index (Phi) is 5.26. The summed E-state index contributed by atoms with van der Waals surface area (Å²) in [6, 6.07) is 1.84. The van der Waals surface area contributed by atoms with Crippen LogP contribution in [0.3, 0.4) is 0 Å². The maximum absolute atomic E-state index is 11.8. The largest absolute Gasteiger partial charge is 0.478 e. The summed E-state index contributed by atoms with van der Waals surface area (Å²) in [5, 5.41) is 13.1. The van der Waals surface area contributed by atoms with Crippen LogP contribution in [0, 0.1) is 0 Å². The predicted octanol–water partition coefficient (Wildman–Crippen LogP) is 1.89. The van der Waals surface area contributed by atoms with Crippen LogP contribution >= 0.6 is 11.3 Å². The van der Waals surface area contributed by atoms with Crippen molar-refractivity contribution in [3.8, 4) is 0 Å². The summed E-state index contributed by atoms with van der Waals surface area (Å²) in [7, 11) is 1.49. The molecule has 6 heteroatoms. The highest BCUT2D eigenvalue weighted by atomic mass is 32.1. The van der Waals surface area contributed by atoms with Crippen LogP contribution in [-0.2, 0) is 20.9 Å². The second-order valence-corrected chi connectivity index (χ2v) is 5.41. The third-order valence-electron chi connectivity index (χ3n) is 2.57. The third kappa shape index (κ3) is 4.84. The number of thiophene rings is 1. The SMILES string of the molecule is COC(C)(C)C(=O)NCc1cc(/C=C/C(=O)O)cs1. The fourth-order valence-corrected chi connectivity index (χ4v) is 2.01. The van der Waals surface area contributed by atoms with Crippen LogP contribution in [0.15, 0.2) is 17.5 Å². The van der Waals surface area contributed by atoms with E-state index in [0.717, 1.165) is 16.5 Å². The average Bonchev–Trinajstić information content (AvgIpc) is 2.81. The van der Waals surface area contributed by atoms with E-state index in [4.69, 9.17) is 9.84 Å². The number of carbonyl (C=O) groups is 2. The van der Waals surface area contributed by atoms with Crippen molar-refractivity contribution in [1.82, 2.24) is 5.32 Å². The fraction of sp³-hybridized carbons (Fsp3) is 0.385. The Morgan fingerprint density at radius 1 is 1.53 bits per heavy atom. The van der Waals surface area contributed by atoms with Gasteiger partial charge in [-0.15, -0.1) is 11.3 Å². The molecule has 1 heterocycles. The highest BCUT2D eigenvalue weighted by molar-refractivity contribution is 7.10. The van der Waals surface area contributed by atoms with Crippen molar-refractivity contribution >= 4 is 29.3 Å². The van der Waals surface area contributed by atoms with Gasteiger partial charge in [-0.05, 0) is 36.9 Å². The standard InChI is InChI=1S/C13H17NO4S/c1-13(2,18-3)12(17)14-7-10-6-9(8-19-10)4-5-11(15)16/h4-6,8H,7H2,1-3H3,(H,14,17)(H,15,16)/b5-4+. The zero-order chi connectivity index (χ0) is 14.5. The minimum absolute atomic E-state index is 0.189. The lowest BCUT2D eigenvalue weighted by Crippen LogP contribution is -2.43. The Labute approximate surface area is 115 Å². The maximum atomic E-state index is 11.8. The summed E-state index contributed by atoms with van der Waals surface area (Å²) in [5.74, 6) is -1.17. The summed E-state index contributed by atoms with van der Waals surface area (Å²) >= 11 is 1.46. The minimum Gasteiger partial charge on any atom is -0.478 e. The van der Waals surface area contributed by atoms with Gasteiger partial charge in [-0.2, -0.15) is 0 Å². The van der Waals surface area contributed by atoms with E-state index in [0.29, 0.717) is 6.54 Å². The van der Waals surface area contributed by atoms with Gasteiger partial charge < -0.3 is 15.2 Å². The molecule has 0 aliphatic rings. The van der Waals surface area contributed by atoms with E-state index in [1.54, 1.807) is 13.8 Å². The molecule has 0 aliphatic heterocycles. The molecule has 0 saturated heterocycles. The van der Waals surface area contributed by atoms with E-state index >= 15 is 0 Å². The molecule has 0 atom stereocenters. The van der Waals surface area contributed by atoms with Crippen molar-refractivity contribution < 1.29 is 19.4 Å². The molecule has 0 aliphatic carbocycles. The van der Waals surface area contributed by atoms with Gasteiger partial charge >= 0.3 is 5.97 Å². The van der Waals surface area contributed by atoms with Gasteiger partial charge in [0.2, 0.25) is 0 Å². The number of aliphatic carboxylic acids is 1. The number of carboxylic acid groups (broad SMARTS) is 1. The first-order chi connectivity index (χ1) is 8.85. The first-order valence-corrected chi connectivity index (χ1v) is 6.55. The molecule has 0 aromatic carbocycles. The van der Waals surface area contributed by atoms with Gasteiger partial charge in [0.25, 0.3) is 5.91 Å². The molecule has 0 unspecified atom stereocenters. The van der Waals surface area contributed by atoms with Crippen LogP contribution < -0.4 is 5.32 Å². The van der Waals surface area contributed by atoms with Gasteiger partial charge in [0.15, 0.2) is 0 Å². The maximum Gasteiger partial charge on any atom is 0.328 e. The van der Waals surface area contributed by atoms with E-state index in [1.165, 1.54) is 24.5 Å². The number of carboxylic acids is 1. The van der Waals surface area contributed by atoms with Gasteiger partial charge in [0.1, 0.15) is 5.60 Å². The monoisotopic (exact) mass is 283 g/mol. The van der Waals surface area contributed by atoms with E-state index in [1.807, 2.05) is 11.4 Å². The third-order valence-corrected chi connectivity index (χ3v) is 3.53. The van der Waals surface area contributed by atoms with E-state index in [2.05, 4.69) is 5.32 Å². The summed E-state index contributed by atoms with van der Waals surface area (Å²) in [5.41, 5.74) is -0.0498. The van der Waals surface area contributed by atoms with Crippen LogP contribution in [0.2, 0.25) is 0 Å². The molecule has 104 valence electrons. The second-order valence-electron chi connectivity index (χ2n) is 4.42. The Bertz CT molecular complexity index is 491. The quantitative estimate of drug-likeness (QED) is 0.782. The lowest BCUT2D eigenvalue weighted by molar-refractivity contribution is -0.139. The smallest absolute Gasteiger partial charge is 0.328 e. The molecule has 0 fully saturated rings. The molecule has 1 aromatic heterocycles. The molecule has 0 radical (unpaired) electrons. The van der Waals surface area contributed by atoms with Crippen LogP contribution in [0.1, 0.15) is 24.3 Å². The molecular weight excluding hydrogens is 266 g/mol. The van der Waals surface area contributed by atoms with Gasteiger partial charge in [0, 0.05) is 18.1 Å². The molecule has 0 bridgehead atoms. The Balaban J connectivity index is 2.56. The number of nitrogens with one attached hydrogen (secondary N) is 1. The Morgan fingerprint density at radius 3 is 2.79 bits per heavy atom. The molecule has 0 saturated carbocycles. The first-order valence-electron chi connectivity index (χ1n) is 5.67. The Hall–Kier alpha value is -1.66. The highest BCUT2D eigenvalue weighted by Crippen LogP contribution is 2.16. The van der Waals surface area contributed by atoms with Crippen molar-refractivity contribution in [2.24, 2.45) is 0 Å². The normalized spacial score (nSPS) is 11.7. The number of methoxy groups -OCH3 is 1. The average molecular weight is 283 g/mol. The first kappa shape index (κ1) is 15.4. The molecule has 5 nitrogen and oxygen atoms in total. The molecule has 2 N–H and O–H groups in total. The topological polar surface area (TPSA) is 75.6 Å². The summed E-state index contributed by atoms with van der Waals surface area (Å²) in [4.78, 5) is 23.1. The number of ether oxygens (including phenoxy) is 1. The van der Waals surface area contributed by atoms with E-state index < -0.39 is 11.6 Å². The number of hydrogen-bond acceptors (Lipinski definition) is 4. The van der Waals surface area contributed by atoms with Crippen LogP contribution in [0.25, 0.3) is 6.08 Å². The Morgan fingerprint density at radius 2 is 2.21 bits per heavy atom. The van der Waals surface area contributed by atoms with Crippen molar-refractivity contribution in [3.63, 3.8) is 0 Å². The molecule has 1 amide bonds.